The van der Waals surface area contributed by atoms with Crippen molar-refractivity contribution in [3.63, 3.8) is 0 Å². The molecule has 6 heteroatoms. The molecular formula is C20H28O6. The zero-order chi connectivity index (χ0) is 19.3. The van der Waals surface area contributed by atoms with E-state index in [1.54, 1.807) is 6.92 Å². The fraction of sp³-hybridized carbons (Fsp3) is 0.750. The third-order valence-corrected chi connectivity index (χ3v) is 7.78. The summed E-state index contributed by atoms with van der Waals surface area (Å²) in [5.74, 6) is -3.26. The smallest absolute Gasteiger partial charge is 0.262 e. The average molecular weight is 364 g/mol. The van der Waals surface area contributed by atoms with Crippen LogP contribution in [0, 0.1) is 16.2 Å². The van der Waals surface area contributed by atoms with Crippen LogP contribution < -0.4 is 0 Å². The van der Waals surface area contributed by atoms with Crippen LogP contribution in [0.15, 0.2) is 23.8 Å². The first-order chi connectivity index (χ1) is 11.9. The van der Waals surface area contributed by atoms with Gasteiger partial charge in [0.05, 0.1) is 24.2 Å². The van der Waals surface area contributed by atoms with Crippen molar-refractivity contribution < 1.29 is 30.0 Å². The van der Waals surface area contributed by atoms with Gasteiger partial charge in [-0.1, -0.05) is 33.3 Å². The van der Waals surface area contributed by atoms with E-state index in [0.29, 0.717) is 18.4 Å². The van der Waals surface area contributed by atoms with Crippen molar-refractivity contribution in [1.29, 1.82) is 0 Å². The monoisotopic (exact) mass is 364 g/mol. The van der Waals surface area contributed by atoms with Crippen LogP contribution in [0.3, 0.4) is 0 Å². The summed E-state index contributed by atoms with van der Waals surface area (Å²) in [7, 11) is 0. The van der Waals surface area contributed by atoms with Crippen LogP contribution in [0.4, 0.5) is 0 Å². The minimum absolute atomic E-state index is 0.00600. The summed E-state index contributed by atoms with van der Waals surface area (Å²) in [6, 6.07) is 0. The van der Waals surface area contributed by atoms with Crippen LogP contribution in [0.2, 0.25) is 0 Å². The Kier molecular flexibility index (Phi) is 3.42. The molecule has 2 fully saturated rings. The Morgan fingerprint density at radius 1 is 1.19 bits per heavy atom. The summed E-state index contributed by atoms with van der Waals surface area (Å²) in [5, 5.41) is 45.1. The maximum absolute atomic E-state index is 13.3. The number of hydrogen-bond acceptors (Lipinski definition) is 6. The number of carbonyl (C=O) groups excluding carboxylic acids is 1. The number of ketones is 1. The van der Waals surface area contributed by atoms with Crippen molar-refractivity contribution in [2.45, 2.75) is 70.1 Å². The van der Waals surface area contributed by atoms with Crippen LogP contribution in [-0.4, -0.2) is 56.4 Å². The number of hydrogen-bond donors (Lipinski definition) is 4. The van der Waals surface area contributed by atoms with Crippen molar-refractivity contribution in [3.8, 4) is 0 Å². The first kappa shape index (κ1) is 18.3. The number of ether oxygens (including phenoxy) is 1. The Hall–Kier alpha value is -1.05. The summed E-state index contributed by atoms with van der Waals surface area (Å²) in [6.45, 7) is 9.05. The van der Waals surface area contributed by atoms with Crippen molar-refractivity contribution in [3.05, 3.63) is 23.8 Å². The Morgan fingerprint density at radius 2 is 1.85 bits per heavy atom. The summed E-state index contributed by atoms with van der Waals surface area (Å²) in [6.07, 6.45) is 1.36. The Bertz CT molecular complexity index is 741. The van der Waals surface area contributed by atoms with Gasteiger partial charge in [-0.3, -0.25) is 4.79 Å². The predicted molar refractivity (Wildman–Crippen MR) is 92.9 cm³/mol. The highest BCUT2D eigenvalue weighted by atomic mass is 16.7. The molecule has 0 aromatic carbocycles. The van der Waals surface area contributed by atoms with Crippen molar-refractivity contribution >= 4 is 5.78 Å². The van der Waals surface area contributed by atoms with Gasteiger partial charge in [0.2, 0.25) is 5.78 Å². The minimum atomic E-state index is -2.42. The van der Waals surface area contributed by atoms with E-state index < -0.39 is 45.6 Å². The van der Waals surface area contributed by atoms with Gasteiger partial charge in [0, 0.05) is 16.4 Å². The quantitative estimate of drug-likeness (QED) is 0.514. The first-order valence-electron chi connectivity index (χ1n) is 9.30. The molecule has 4 aliphatic rings. The first-order valence-corrected chi connectivity index (χ1v) is 9.30. The lowest BCUT2D eigenvalue weighted by Gasteiger charge is -2.62. The maximum atomic E-state index is 13.3. The number of aliphatic hydroxyl groups excluding tert-OH is 2. The SMILES string of the molecule is C=CC1(C)CC(O)C2=C(C(=O)C3(O)OCC24CCCC(C)(C)C43O)C1O. The molecule has 1 saturated heterocycles. The van der Waals surface area contributed by atoms with Gasteiger partial charge in [0.15, 0.2) is 0 Å². The summed E-state index contributed by atoms with van der Waals surface area (Å²) < 4.78 is 5.61. The lowest BCUT2D eigenvalue weighted by atomic mass is 9.43. The van der Waals surface area contributed by atoms with Gasteiger partial charge in [0.25, 0.3) is 5.79 Å². The van der Waals surface area contributed by atoms with Crippen molar-refractivity contribution in [2.24, 2.45) is 16.2 Å². The predicted octanol–water partition coefficient (Wildman–Crippen LogP) is 0.830. The Labute approximate surface area is 153 Å². The molecule has 3 aliphatic carbocycles. The van der Waals surface area contributed by atoms with E-state index in [1.807, 2.05) is 13.8 Å². The molecule has 0 aromatic heterocycles. The molecule has 4 N–H and O–H groups in total. The molecule has 144 valence electrons. The number of Topliss-reactive ketones (excluding diaryl/α,β-unsaturated/α-hetero) is 1. The highest BCUT2D eigenvalue weighted by molar-refractivity contribution is 6.06. The van der Waals surface area contributed by atoms with Crippen LogP contribution in [0.5, 0.6) is 0 Å². The standard InChI is InChI=1S/C20H28O6/c1-5-17(4)9-11(21)13-12(14(17)22)15(23)19(24)20(25)16(2,3)7-6-8-18(13,20)10-26-19/h5,11,14,21-22,24-25H,1,6-10H2,2-4H3. The summed E-state index contributed by atoms with van der Waals surface area (Å²) >= 11 is 0. The Balaban J connectivity index is 2.06. The molecule has 4 rings (SSSR count). The second-order valence-corrected chi connectivity index (χ2v) is 9.45. The second kappa shape index (κ2) is 4.86. The van der Waals surface area contributed by atoms with Crippen molar-refractivity contribution in [2.75, 3.05) is 6.61 Å². The van der Waals surface area contributed by atoms with E-state index in [2.05, 4.69) is 6.58 Å². The highest BCUT2D eigenvalue weighted by Gasteiger charge is 2.82. The lowest BCUT2D eigenvalue weighted by Crippen LogP contribution is -2.75. The third kappa shape index (κ3) is 1.61. The van der Waals surface area contributed by atoms with Crippen molar-refractivity contribution in [1.82, 2.24) is 0 Å². The molecule has 1 saturated carbocycles. The molecule has 1 heterocycles. The van der Waals surface area contributed by atoms with Gasteiger partial charge in [-0.05, 0) is 24.8 Å². The zero-order valence-corrected chi connectivity index (χ0v) is 15.6. The fourth-order valence-electron chi connectivity index (χ4n) is 6.26. The second-order valence-electron chi connectivity index (χ2n) is 9.45. The van der Waals surface area contributed by atoms with Gasteiger partial charge in [-0.25, -0.2) is 0 Å². The minimum Gasteiger partial charge on any atom is -0.389 e. The van der Waals surface area contributed by atoms with Crippen LogP contribution >= 0.6 is 0 Å². The summed E-state index contributed by atoms with van der Waals surface area (Å²) in [5.41, 5.74) is -4.30. The molecule has 2 bridgehead atoms. The van der Waals surface area contributed by atoms with Gasteiger partial charge >= 0.3 is 0 Å². The van der Waals surface area contributed by atoms with E-state index in [9.17, 15) is 25.2 Å². The molecule has 1 aliphatic heterocycles. The van der Waals surface area contributed by atoms with E-state index in [4.69, 9.17) is 4.74 Å². The maximum Gasteiger partial charge on any atom is 0.262 e. The molecule has 26 heavy (non-hydrogen) atoms. The largest absolute Gasteiger partial charge is 0.389 e. The van der Waals surface area contributed by atoms with E-state index in [-0.39, 0.29) is 18.6 Å². The van der Waals surface area contributed by atoms with E-state index >= 15 is 0 Å². The molecular weight excluding hydrogens is 336 g/mol. The zero-order valence-electron chi connectivity index (χ0n) is 15.6. The number of carbonyl (C=O) groups is 1. The lowest BCUT2D eigenvalue weighted by molar-refractivity contribution is -0.292. The van der Waals surface area contributed by atoms with Gasteiger partial charge in [0.1, 0.15) is 5.60 Å². The molecule has 0 aromatic rings. The number of rotatable bonds is 1. The molecule has 0 radical (unpaired) electrons. The average Bonchev–Trinajstić information content (AvgIpc) is 2.75. The molecule has 0 spiro atoms. The molecule has 6 atom stereocenters. The van der Waals surface area contributed by atoms with E-state index in [1.165, 1.54) is 6.08 Å². The summed E-state index contributed by atoms with van der Waals surface area (Å²) in [4.78, 5) is 13.3. The molecule has 6 unspecified atom stereocenters. The third-order valence-electron chi connectivity index (χ3n) is 7.78. The number of aliphatic hydroxyl groups is 4. The van der Waals surface area contributed by atoms with Crippen LogP contribution in [-0.2, 0) is 9.53 Å². The Morgan fingerprint density at radius 3 is 2.46 bits per heavy atom. The fourth-order valence-corrected chi connectivity index (χ4v) is 6.26. The normalized spacial score (nSPS) is 52.5. The molecule has 0 amide bonds. The topological polar surface area (TPSA) is 107 Å². The highest BCUT2D eigenvalue weighted by Crippen LogP contribution is 2.70. The van der Waals surface area contributed by atoms with E-state index in [0.717, 1.165) is 6.42 Å². The van der Waals surface area contributed by atoms with Crippen LogP contribution in [0.1, 0.15) is 46.5 Å². The van der Waals surface area contributed by atoms with Gasteiger partial charge < -0.3 is 25.2 Å². The molecule has 6 nitrogen and oxygen atoms in total. The van der Waals surface area contributed by atoms with Crippen LogP contribution in [0.25, 0.3) is 0 Å². The van der Waals surface area contributed by atoms with Gasteiger partial charge in [-0.15, -0.1) is 6.58 Å². The van der Waals surface area contributed by atoms with Gasteiger partial charge in [-0.2, -0.15) is 0 Å².